The fourth-order valence-electron chi connectivity index (χ4n) is 1.42. The van der Waals surface area contributed by atoms with Crippen LogP contribution in [-0.4, -0.2) is 30.1 Å². The average molecular weight is 359 g/mol. The highest BCUT2D eigenvalue weighted by atomic mass is 127. The van der Waals surface area contributed by atoms with Crippen LogP contribution in [0.4, 0.5) is 0 Å². The van der Waals surface area contributed by atoms with Crippen LogP contribution in [0.2, 0.25) is 6.04 Å². The Morgan fingerprint density at radius 1 is 1.25 bits per heavy atom. The summed E-state index contributed by atoms with van der Waals surface area (Å²) in [5.41, 5.74) is 0. The zero-order valence-corrected chi connectivity index (χ0v) is 13.2. The number of rotatable bonds is 6. The zero-order chi connectivity index (χ0) is 11.3. The Hall–Kier alpha value is 0.0369. The van der Waals surface area contributed by atoms with Crippen LogP contribution in [0.1, 0.15) is 5.89 Å². The summed E-state index contributed by atoms with van der Waals surface area (Å²) in [6.45, 7) is 2.68. The third kappa shape index (κ3) is 3.81. The standard InChI is InChI=1S/C9H18NO4Si.HI/c1-9-10(5-7-14-9)6-8-15(11-2,12-3)13-4;/h5,7H,6,8H2,1-4H3;1H/q+1;/p-1. The molecule has 0 amide bonds. The van der Waals surface area contributed by atoms with Gasteiger partial charge in [0.25, 0.3) is 0 Å². The Morgan fingerprint density at radius 2 is 1.81 bits per heavy atom. The number of nitrogens with zero attached hydrogens (tertiary/aromatic N) is 1. The van der Waals surface area contributed by atoms with Crippen molar-refractivity contribution in [1.29, 1.82) is 0 Å². The second kappa shape index (κ2) is 7.38. The van der Waals surface area contributed by atoms with Crippen LogP contribution in [0, 0.1) is 6.92 Å². The van der Waals surface area contributed by atoms with Gasteiger partial charge in [-0.15, -0.1) is 0 Å². The lowest BCUT2D eigenvalue weighted by Gasteiger charge is -2.22. The Balaban J connectivity index is 0.00000225. The van der Waals surface area contributed by atoms with Crippen molar-refractivity contribution in [3.05, 3.63) is 18.4 Å². The SMILES string of the molecule is CO[Si](CC[n+]1ccoc1C)(OC)OC.[I-]. The number of hydrogen-bond donors (Lipinski definition) is 0. The van der Waals surface area contributed by atoms with E-state index in [1.807, 2.05) is 17.7 Å². The minimum Gasteiger partial charge on any atom is -1.00 e. The molecule has 7 heteroatoms. The summed E-state index contributed by atoms with van der Waals surface area (Å²) < 4.78 is 23.2. The molecule has 0 saturated heterocycles. The van der Waals surface area contributed by atoms with Crippen LogP contribution in [0.15, 0.2) is 16.9 Å². The molecular weight excluding hydrogens is 341 g/mol. The van der Waals surface area contributed by atoms with Gasteiger partial charge in [-0.05, 0) is 0 Å². The number of aromatic nitrogens is 1. The molecule has 1 aromatic rings. The van der Waals surface area contributed by atoms with Crippen LogP contribution in [0.25, 0.3) is 0 Å². The van der Waals surface area contributed by atoms with Gasteiger partial charge < -0.3 is 41.7 Å². The number of oxazole rings is 1. The molecule has 0 radical (unpaired) electrons. The fourth-order valence-corrected chi connectivity index (χ4v) is 3.05. The van der Waals surface area contributed by atoms with Gasteiger partial charge in [0.05, 0.1) is 13.0 Å². The lowest BCUT2D eigenvalue weighted by molar-refractivity contribution is -0.703. The van der Waals surface area contributed by atoms with Crippen molar-refractivity contribution in [3.8, 4) is 0 Å². The van der Waals surface area contributed by atoms with E-state index in [1.54, 1.807) is 27.6 Å². The topological polar surface area (TPSA) is 44.7 Å². The minimum absolute atomic E-state index is 0. The molecule has 16 heavy (non-hydrogen) atoms. The van der Waals surface area contributed by atoms with E-state index in [0.29, 0.717) is 0 Å². The molecule has 0 spiro atoms. The molecule has 0 atom stereocenters. The van der Waals surface area contributed by atoms with E-state index in [2.05, 4.69) is 0 Å². The molecule has 0 bridgehead atoms. The lowest BCUT2D eigenvalue weighted by atomic mass is 10.6. The second-order valence-electron chi connectivity index (χ2n) is 3.16. The van der Waals surface area contributed by atoms with Crippen molar-refractivity contribution >= 4 is 8.80 Å². The van der Waals surface area contributed by atoms with Crippen molar-refractivity contribution in [3.63, 3.8) is 0 Å². The van der Waals surface area contributed by atoms with Crippen molar-refractivity contribution in [1.82, 2.24) is 0 Å². The monoisotopic (exact) mass is 359 g/mol. The Labute approximate surface area is 114 Å². The predicted molar refractivity (Wildman–Crippen MR) is 55.2 cm³/mol. The Kier molecular flexibility index (Phi) is 7.40. The number of halogens is 1. The molecule has 0 aliphatic rings. The van der Waals surface area contributed by atoms with Crippen LogP contribution in [0.3, 0.4) is 0 Å². The van der Waals surface area contributed by atoms with Crippen LogP contribution >= 0.6 is 0 Å². The summed E-state index contributed by atoms with van der Waals surface area (Å²) in [7, 11) is 2.39. The highest BCUT2D eigenvalue weighted by Crippen LogP contribution is 2.12. The van der Waals surface area contributed by atoms with E-state index in [-0.39, 0.29) is 24.0 Å². The first-order valence-corrected chi connectivity index (χ1v) is 6.69. The molecular formula is C9H18INO4Si. The van der Waals surface area contributed by atoms with Gasteiger partial charge in [-0.3, -0.25) is 0 Å². The second-order valence-corrected chi connectivity index (χ2v) is 6.25. The van der Waals surface area contributed by atoms with Gasteiger partial charge in [-0.25, -0.2) is 0 Å². The highest BCUT2D eigenvalue weighted by molar-refractivity contribution is 6.60. The summed E-state index contributed by atoms with van der Waals surface area (Å²) in [5, 5.41) is 0. The van der Waals surface area contributed by atoms with Gasteiger partial charge in [0.15, 0.2) is 12.8 Å². The summed E-state index contributed by atoms with van der Waals surface area (Å²) in [6.07, 6.45) is 3.54. The third-order valence-corrected chi connectivity index (χ3v) is 5.18. The van der Waals surface area contributed by atoms with E-state index in [1.165, 1.54) is 0 Å². The van der Waals surface area contributed by atoms with Crippen molar-refractivity contribution in [2.24, 2.45) is 0 Å². The van der Waals surface area contributed by atoms with Gasteiger partial charge in [-0.1, -0.05) is 0 Å². The first kappa shape index (κ1) is 16.0. The maximum absolute atomic E-state index is 5.32. The first-order chi connectivity index (χ1) is 7.17. The number of hydrogen-bond acceptors (Lipinski definition) is 4. The van der Waals surface area contributed by atoms with Gasteiger partial charge in [0, 0.05) is 21.3 Å². The summed E-state index contributed by atoms with van der Waals surface area (Å²) in [4.78, 5) is 0. The summed E-state index contributed by atoms with van der Waals surface area (Å²) in [6, 6.07) is 0.724. The minimum atomic E-state index is -2.46. The fraction of sp³-hybridized carbons (Fsp3) is 0.667. The molecule has 0 N–H and O–H groups in total. The molecule has 5 nitrogen and oxygen atoms in total. The van der Waals surface area contributed by atoms with E-state index in [0.717, 1.165) is 18.5 Å². The van der Waals surface area contributed by atoms with E-state index in [4.69, 9.17) is 17.7 Å². The highest BCUT2D eigenvalue weighted by Gasteiger charge is 2.39. The normalized spacial score (nSPS) is 11.2. The van der Waals surface area contributed by atoms with E-state index < -0.39 is 8.80 Å². The molecule has 0 aliphatic carbocycles. The van der Waals surface area contributed by atoms with E-state index >= 15 is 0 Å². The molecule has 1 rings (SSSR count). The molecule has 0 aromatic carbocycles. The Bertz CT molecular complexity index is 295. The predicted octanol–water partition coefficient (Wildman–Crippen LogP) is -2.24. The Morgan fingerprint density at radius 3 is 2.19 bits per heavy atom. The summed E-state index contributed by atoms with van der Waals surface area (Å²) >= 11 is 0. The largest absolute Gasteiger partial charge is 1.00 e. The lowest BCUT2D eigenvalue weighted by Crippen LogP contribution is -3.00. The molecule has 94 valence electrons. The molecule has 1 aromatic heterocycles. The van der Waals surface area contributed by atoms with Gasteiger partial charge in [0.2, 0.25) is 6.20 Å². The van der Waals surface area contributed by atoms with Crippen LogP contribution in [0.5, 0.6) is 0 Å². The third-order valence-electron chi connectivity index (χ3n) is 2.48. The first-order valence-electron chi connectivity index (χ1n) is 4.76. The maximum atomic E-state index is 5.32. The molecule has 0 fully saturated rings. The molecule has 0 unspecified atom stereocenters. The molecule has 0 aliphatic heterocycles. The van der Waals surface area contributed by atoms with Crippen LogP contribution < -0.4 is 28.5 Å². The average Bonchev–Trinajstić information content (AvgIpc) is 2.67. The van der Waals surface area contributed by atoms with Gasteiger partial charge in [0.1, 0.15) is 0 Å². The number of aryl methyl sites for hydroxylation is 2. The maximum Gasteiger partial charge on any atom is 0.506 e. The molecule has 0 saturated carbocycles. The van der Waals surface area contributed by atoms with E-state index in [9.17, 15) is 0 Å². The van der Waals surface area contributed by atoms with Crippen LogP contribution in [-0.2, 0) is 19.8 Å². The molecule has 1 heterocycles. The van der Waals surface area contributed by atoms with Gasteiger partial charge >= 0.3 is 14.7 Å². The van der Waals surface area contributed by atoms with Crippen molar-refractivity contribution in [2.45, 2.75) is 19.5 Å². The van der Waals surface area contributed by atoms with Crippen molar-refractivity contribution in [2.75, 3.05) is 21.3 Å². The van der Waals surface area contributed by atoms with Gasteiger partial charge in [-0.2, -0.15) is 4.57 Å². The van der Waals surface area contributed by atoms with Crippen molar-refractivity contribution < 1.29 is 46.2 Å². The summed E-state index contributed by atoms with van der Waals surface area (Å²) in [5.74, 6) is 0.862. The smallest absolute Gasteiger partial charge is 0.506 e. The quantitative estimate of drug-likeness (QED) is 0.327. The zero-order valence-electron chi connectivity index (χ0n) is 10.0.